The van der Waals surface area contributed by atoms with E-state index in [1.54, 1.807) is 0 Å². The highest BCUT2D eigenvalue weighted by atomic mass is 16.3. The molecular weight excluding hydrogens is 550 g/mol. The molecule has 10 aromatic rings. The molecule has 0 aliphatic rings. The van der Waals surface area contributed by atoms with E-state index in [4.69, 9.17) is 8.83 Å². The lowest BCUT2D eigenvalue weighted by atomic mass is 10.0. The van der Waals surface area contributed by atoms with E-state index < -0.39 is 0 Å². The standard InChI is InChI=1S/C42H25NO2/c1-2-10-26(11-3-1)33-24-29(25-36-32-14-6-9-17-40(32)45-42(33)36)43-37-15-7-4-12-30(37)34-22-27(18-20-38(34)43)28-19-21-41-35(23-28)31-13-5-8-16-39(31)44-41/h1-25H. The Morgan fingerprint density at radius 1 is 0.356 bits per heavy atom. The van der Waals surface area contributed by atoms with Crippen molar-refractivity contribution in [2.75, 3.05) is 0 Å². The lowest BCUT2D eigenvalue weighted by Gasteiger charge is -2.12. The molecule has 10 rings (SSSR count). The fraction of sp³-hybridized carbons (Fsp3) is 0. The van der Waals surface area contributed by atoms with Crippen molar-refractivity contribution >= 4 is 65.7 Å². The van der Waals surface area contributed by atoms with Crippen molar-refractivity contribution in [3.05, 3.63) is 152 Å². The summed E-state index contributed by atoms with van der Waals surface area (Å²) in [5, 5.41) is 6.96. The first kappa shape index (κ1) is 24.4. The number of furan rings is 2. The highest BCUT2D eigenvalue weighted by Crippen LogP contribution is 2.41. The SMILES string of the molecule is c1ccc(-c2cc(-n3c4ccccc4c4cc(-c5ccc6oc7ccccc7c6c5)ccc43)cc3c2oc2ccccc23)cc1. The zero-order valence-electron chi connectivity index (χ0n) is 24.2. The van der Waals surface area contributed by atoms with Gasteiger partial charge < -0.3 is 13.4 Å². The van der Waals surface area contributed by atoms with Crippen LogP contribution in [0.5, 0.6) is 0 Å². The number of para-hydroxylation sites is 3. The summed E-state index contributed by atoms with van der Waals surface area (Å²) in [4.78, 5) is 0. The Balaban J connectivity index is 1.23. The van der Waals surface area contributed by atoms with E-state index in [1.165, 1.54) is 32.9 Å². The van der Waals surface area contributed by atoms with Gasteiger partial charge in [0.1, 0.15) is 22.3 Å². The molecule has 0 bridgehead atoms. The second kappa shape index (κ2) is 9.22. The van der Waals surface area contributed by atoms with Crippen molar-refractivity contribution in [3.8, 4) is 27.9 Å². The third-order valence-corrected chi connectivity index (χ3v) is 9.19. The summed E-state index contributed by atoms with van der Waals surface area (Å²) in [5.74, 6) is 0. The minimum atomic E-state index is 0.899. The largest absolute Gasteiger partial charge is 0.456 e. The predicted octanol–water partition coefficient (Wildman–Crippen LogP) is 11.9. The molecule has 0 fully saturated rings. The number of nitrogens with zero attached hydrogens (tertiary/aromatic N) is 1. The molecule has 0 saturated carbocycles. The third kappa shape index (κ3) is 3.58. The van der Waals surface area contributed by atoms with Crippen LogP contribution < -0.4 is 0 Å². The zero-order chi connectivity index (χ0) is 29.5. The molecule has 3 heteroatoms. The molecule has 0 spiro atoms. The Kier molecular flexibility index (Phi) is 5.00. The van der Waals surface area contributed by atoms with Crippen LogP contribution >= 0.6 is 0 Å². The summed E-state index contributed by atoms with van der Waals surface area (Å²) in [5.41, 5.74) is 11.7. The summed E-state index contributed by atoms with van der Waals surface area (Å²) in [6, 6.07) is 53.7. The molecule has 45 heavy (non-hydrogen) atoms. The predicted molar refractivity (Wildman–Crippen MR) is 186 cm³/mol. The van der Waals surface area contributed by atoms with Crippen molar-refractivity contribution in [2.45, 2.75) is 0 Å². The highest BCUT2D eigenvalue weighted by Gasteiger charge is 2.19. The van der Waals surface area contributed by atoms with Gasteiger partial charge in [-0.2, -0.15) is 0 Å². The first-order valence-electron chi connectivity index (χ1n) is 15.3. The monoisotopic (exact) mass is 575 g/mol. The van der Waals surface area contributed by atoms with Crippen LogP contribution in [-0.2, 0) is 0 Å². The first-order valence-corrected chi connectivity index (χ1v) is 15.3. The van der Waals surface area contributed by atoms with Gasteiger partial charge in [0.05, 0.1) is 11.0 Å². The second-order valence-corrected chi connectivity index (χ2v) is 11.7. The molecule has 3 aromatic heterocycles. The van der Waals surface area contributed by atoms with Gasteiger partial charge in [-0.25, -0.2) is 0 Å². The number of hydrogen-bond acceptors (Lipinski definition) is 2. The average molecular weight is 576 g/mol. The quantitative estimate of drug-likeness (QED) is 0.210. The molecule has 0 radical (unpaired) electrons. The Labute approximate surface area is 258 Å². The summed E-state index contributed by atoms with van der Waals surface area (Å²) < 4.78 is 15.0. The molecule has 0 aliphatic carbocycles. The molecule has 3 heterocycles. The zero-order valence-corrected chi connectivity index (χ0v) is 24.2. The van der Waals surface area contributed by atoms with Gasteiger partial charge in [0, 0.05) is 43.6 Å². The molecule has 0 amide bonds. The summed E-state index contributed by atoms with van der Waals surface area (Å²) in [7, 11) is 0. The fourth-order valence-corrected chi connectivity index (χ4v) is 7.11. The van der Waals surface area contributed by atoms with Gasteiger partial charge in [-0.05, 0) is 71.3 Å². The van der Waals surface area contributed by atoms with Crippen molar-refractivity contribution in [2.24, 2.45) is 0 Å². The minimum Gasteiger partial charge on any atom is -0.456 e. The van der Waals surface area contributed by atoms with Crippen LogP contribution in [0.4, 0.5) is 0 Å². The fourth-order valence-electron chi connectivity index (χ4n) is 7.11. The van der Waals surface area contributed by atoms with Crippen molar-refractivity contribution in [3.63, 3.8) is 0 Å². The topological polar surface area (TPSA) is 31.2 Å². The lowest BCUT2D eigenvalue weighted by Crippen LogP contribution is -1.95. The number of benzene rings is 7. The molecule has 0 aliphatic heterocycles. The van der Waals surface area contributed by atoms with E-state index in [0.29, 0.717) is 0 Å². The normalized spacial score (nSPS) is 12.0. The Morgan fingerprint density at radius 2 is 0.956 bits per heavy atom. The van der Waals surface area contributed by atoms with Gasteiger partial charge in [-0.15, -0.1) is 0 Å². The third-order valence-electron chi connectivity index (χ3n) is 9.19. The first-order chi connectivity index (χ1) is 22.3. The summed E-state index contributed by atoms with van der Waals surface area (Å²) in [6.45, 7) is 0. The van der Waals surface area contributed by atoms with E-state index in [1.807, 2.05) is 18.2 Å². The summed E-state index contributed by atoms with van der Waals surface area (Å²) in [6.07, 6.45) is 0. The Morgan fingerprint density at radius 3 is 1.78 bits per heavy atom. The molecule has 0 saturated heterocycles. The van der Waals surface area contributed by atoms with Crippen LogP contribution in [0.25, 0.3) is 93.6 Å². The highest BCUT2D eigenvalue weighted by molar-refractivity contribution is 6.14. The van der Waals surface area contributed by atoms with E-state index in [0.717, 1.165) is 60.7 Å². The maximum Gasteiger partial charge on any atom is 0.143 e. The van der Waals surface area contributed by atoms with Gasteiger partial charge >= 0.3 is 0 Å². The van der Waals surface area contributed by atoms with Crippen LogP contribution in [0, 0.1) is 0 Å². The lowest BCUT2D eigenvalue weighted by molar-refractivity contribution is 0.669. The smallest absolute Gasteiger partial charge is 0.143 e. The summed E-state index contributed by atoms with van der Waals surface area (Å²) >= 11 is 0. The molecule has 3 nitrogen and oxygen atoms in total. The van der Waals surface area contributed by atoms with Gasteiger partial charge in [-0.3, -0.25) is 0 Å². The van der Waals surface area contributed by atoms with E-state index in [2.05, 4.69) is 138 Å². The van der Waals surface area contributed by atoms with Gasteiger partial charge in [0.25, 0.3) is 0 Å². The Bertz CT molecular complexity index is 2760. The maximum atomic E-state index is 6.49. The van der Waals surface area contributed by atoms with Crippen LogP contribution in [0.2, 0.25) is 0 Å². The molecular formula is C42H25NO2. The number of fused-ring (bicyclic) bond motifs is 9. The van der Waals surface area contributed by atoms with Crippen LogP contribution in [0.3, 0.4) is 0 Å². The minimum absolute atomic E-state index is 0.899. The number of rotatable bonds is 3. The van der Waals surface area contributed by atoms with Crippen LogP contribution in [0.1, 0.15) is 0 Å². The second-order valence-electron chi connectivity index (χ2n) is 11.7. The van der Waals surface area contributed by atoms with E-state index >= 15 is 0 Å². The molecule has 0 atom stereocenters. The molecule has 0 unspecified atom stereocenters. The van der Waals surface area contributed by atoms with Crippen molar-refractivity contribution < 1.29 is 8.83 Å². The van der Waals surface area contributed by atoms with Gasteiger partial charge in [0.15, 0.2) is 0 Å². The average Bonchev–Trinajstić information content (AvgIpc) is 3.77. The van der Waals surface area contributed by atoms with Crippen molar-refractivity contribution in [1.29, 1.82) is 0 Å². The molecule has 0 N–H and O–H groups in total. The van der Waals surface area contributed by atoms with Crippen molar-refractivity contribution in [1.82, 2.24) is 4.57 Å². The Hall–Kier alpha value is -6.06. The van der Waals surface area contributed by atoms with E-state index in [9.17, 15) is 0 Å². The van der Waals surface area contributed by atoms with Gasteiger partial charge in [-0.1, -0.05) is 97.1 Å². The van der Waals surface area contributed by atoms with Crippen LogP contribution in [0.15, 0.2) is 160 Å². The number of hydrogen-bond donors (Lipinski definition) is 0. The van der Waals surface area contributed by atoms with E-state index in [-0.39, 0.29) is 0 Å². The maximum absolute atomic E-state index is 6.49. The molecule has 7 aromatic carbocycles. The molecule has 210 valence electrons. The van der Waals surface area contributed by atoms with Crippen LogP contribution in [-0.4, -0.2) is 4.57 Å². The van der Waals surface area contributed by atoms with Gasteiger partial charge in [0.2, 0.25) is 0 Å². The number of aromatic nitrogens is 1.